The van der Waals surface area contributed by atoms with Gasteiger partial charge in [-0.25, -0.2) is 4.98 Å². The summed E-state index contributed by atoms with van der Waals surface area (Å²) >= 11 is 1.49. The van der Waals surface area contributed by atoms with E-state index in [1.807, 2.05) is 42.5 Å². The topological polar surface area (TPSA) is 85.2 Å². The maximum atomic E-state index is 11.1. The van der Waals surface area contributed by atoms with Gasteiger partial charge < -0.3 is 19.3 Å². The number of aromatic nitrogens is 2. The molecular weight excluding hydrogens is 412 g/mol. The molecule has 0 saturated heterocycles. The number of rotatable bonds is 7. The van der Waals surface area contributed by atoms with Crippen LogP contribution in [0.3, 0.4) is 0 Å². The number of anilines is 2. The summed E-state index contributed by atoms with van der Waals surface area (Å²) in [4.78, 5) is 28.2. The Morgan fingerprint density at radius 1 is 1.06 bits per heavy atom. The van der Waals surface area contributed by atoms with E-state index in [1.165, 1.54) is 25.8 Å². The second kappa shape index (κ2) is 9.43. The van der Waals surface area contributed by atoms with Gasteiger partial charge in [-0.1, -0.05) is 20.8 Å². The first kappa shape index (κ1) is 22.7. The average molecular weight is 441 g/mol. The predicted molar refractivity (Wildman–Crippen MR) is 125 cm³/mol. The minimum atomic E-state index is -0.282. The lowest BCUT2D eigenvalue weighted by Gasteiger charge is -2.20. The van der Waals surface area contributed by atoms with E-state index in [0.29, 0.717) is 13.2 Å². The van der Waals surface area contributed by atoms with Gasteiger partial charge in [-0.2, -0.15) is 0 Å². The lowest BCUT2D eigenvalue weighted by Crippen LogP contribution is -2.21. The van der Waals surface area contributed by atoms with Gasteiger partial charge in [0, 0.05) is 35.5 Å². The number of amides is 1. The fraction of sp³-hybridized carbons (Fsp3) is 0.348. The third kappa shape index (κ3) is 6.01. The summed E-state index contributed by atoms with van der Waals surface area (Å²) in [7, 11) is 0. The minimum absolute atomic E-state index is 0.0891. The van der Waals surface area contributed by atoms with E-state index < -0.39 is 0 Å². The van der Waals surface area contributed by atoms with Gasteiger partial charge in [0.25, 0.3) is 0 Å². The van der Waals surface area contributed by atoms with Crippen molar-refractivity contribution in [3.8, 4) is 0 Å². The second-order valence-electron chi connectivity index (χ2n) is 8.29. The van der Waals surface area contributed by atoms with Crippen molar-refractivity contribution in [1.82, 2.24) is 9.55 Å². The highest BCUT2D eigenvalue weighted by molar-refractivity contribution is 8.00. The molecule has 1 amide bonds. The lowest BCUT2D eigenvalue weighted by molar-refractivity contribution is -0.141. The second-order valence-corrected chi connectivity index (χ2v) is 9.17. The number of ether oxygens (including phenoxy) is 1. The quantitative estimate of drug-likeness (QED) is 0.398. The summed E-state index contributed by atoms with van der Waals surface area (Å²) in [5, 5.41) is 2.76. The van der Waals surface area contributed by atoms with Crippen molar-refractivity contribution in [3.63, 3.8) is 0 Å². The summed E-state index contributed by atoms with van der Waals surface area (Å²) in [5.41, 5.74) is 3.46. The first-order valence-electron chi connectivity index (χ1n) is 10.1. The van der Waals surface area contributed by atoms with E-state index in [4.69, 9.17) is 9.72 Å². The van der Waals surface area contributed by atoms with Crippen LogP contribution < -0.4 is 10.0 Å². The molecule has 31 heavy (non-hydrogen) atoms. The van der Waals surface area contributed by atoms with Gasteiger partial charge in [-0.15, -0.1) is 0 Å². The maximum Gasteiger partial charge on any atom is 0.302 e. The van der Waals surface area contributed by atoms with Gasteiger partial charge in [0.15, 0.2) is 0 Å². The molecule has 0 saturated carbocycles. The zero-order valence-electron chi connectivity index (χ0n) is 18.5. The molecule has 0 aliphatic heterocycles. The number of carbonyl (C=O) groups excluding carboxylic acids is 2. The Hall–Kier alpha value is -3.00. The molecule has 7 nitrogen and oxygen atoms in total. The van der Waals surface area contributed by atoms with Gasteiger partial charge in [0.1, 0.15) is 12.4 Å². The van der Waals surface area contributed by atoms with E-state index in [0.717, 1.165) is 33.1 Å². The van der Waals surface area contributed by atoms with Crippen LogP contribution in [0.25, 0.3) is 11.0 Å². The molecule has 2 N–H and O–H groups in total. The van der Waals surface area contributed by atoms with E-state index in [1.54, 1.807) is 0 Å². The number of hydrogen-bond donors (Lipinski definition) is 2. The fourth-order valence-electron chi connectivity index (χ4n) is 3.20. The monoisotopic (exact) mass is 440 g/mol. The number of carbonyl (C=O) groups is 2. The highest BCUT2D eigenvalue weighted by atomic mass is 32.2. The van der Waals surface area contributed by atoms with Crippen LogP contribution in [0.1, 0.15) is 40.4 Å². The van der Waals surface area contributed by atoms with E-state index in [9.17, 15) is 9.59 Å². The Balaban J connectivity index is 1.77. The largest absolute Gasteiger partial charge is 0.464 e. The normalized spacial score (nSPS) is 11.4. The number of hydrogen-bond acceptors (Lipinski definition) is 6. The SMILES string of the molecule is CC(=O)Nc1ccc(SNc2ccc3c(c2)nc(C(C)(C)C)n3CCOC(C)=O)cc1. The number of nitrogens with one attached hydrogen (secondary N) is 2. The fourth-order valence-corrected chi connectivity index (χ4v) is 3.84. The van der Waals surface area contributed by atoms with Gasteiger partial charge in [-0.05, 0) is 54.4 Å². The van der Waals surface area contributed by atoms with Gasteiger partial charge in [0.2, 0.25) is 5.91 Å². The molecule has 3 rings (SSSR count). The molecule has 0 radical (unpaired) electrons. The maximum absolute atomic E-state index is 11.1. The molecule has 0 unspecified atom stereocenters. The summed E-state index contributed by atoms with van der Waals surface area (Å²) in [6, 6.07) is 13.7. The van der Waals surface area contributed by atoms with Crippen LogP contribution in [0.4, 0.5) is 11.4 Å². The molecule has 0 bridgehead atoms. The summed E-state index contributed by atoms with van der Waals surface area (Å²) in [6.07, 6.45) is 0. The first-order valence-corrected chi connectivity index (χ1v) is 10.9. The van der Waals surface area contributed by atoms with Crippen LogP contribution in [0, 0.1) is 0 Å². The Morgan fingerprint density at radius 2 is 1.74 bits per heavy atom. The van der Waals surface area contributed by atoms with Crippen LogP contribution in [0.5, 0.6) is 0 Å². The van der Waals surface area contributed by atoms with Gasteiger partial charge in [-0.3, -0.25) is 9.59 Å². The molecule has 0 atom stereocenters. The van der Waals surface area contributed by atoms with Crippen molar-refractivity contribution in [3.05, 3.63) is 48.3 Å². The third-order valence-electron chi connectivity index (χ3n) is 4.50. The minimum Gasteiger partial charge on any atom is -0.464 e. The zero-order chi connectivity index (χ0) is 22.6. The Kier molecular flexibility index (Phi) is 6.90. The summed E-state index contributed by atoms with van der Waals surface area (Å²) < 4.78 is 10.6. The Labute approximate surface area is 186 Å². The molecule has 3 aromatic rings. The molecule has 1 heterocycles. The van der Waals surface area contributed by atoms with Crippen LogP contribution in [0.2, 0.25) is 0 Å². The number of nitrogens with zero attached hydrogens (tertiary/aromatic N) is 2. The highest BCUT2D eigenvalue weighted by Gasteiger charge is 2.23. The van der Waals surface area contributed by atoms with Crippen molar-refractivity contribution in [2.45, 2.75) is 51.5 Å². The number of fused-ring (bicyclic) bond motifs is 1. The van der Waals surface area contributed by atoms with Crippen molar-refractivity contribution in [2.24, 2.45) is 0 Å². The molecule has 0 aliphatic carbocycles. The smallest absolute Gasteiger partial charge is 0.302 e. The van der Waals surface area contributed by atoms with Crippen LogP contribution in [0.15, 0.2) is 47.4 Å². The van der Waals surface area contributed by atoms with Crippen LogP contribution in [-0.2, 0) is 26.3 Å². The van der Waals surface area contributed by atoms with E-state index >= 15 is 0 Å². The summed E-state index contributed by atoms with van der Waals surface area (Å²) in [6.45, 7) is 10.1. The molecule has 164 valence electrons. The van der Waals surface area contributed by atoms with E-state index in [2.05, 4.69) is 35.4 Å². The Bertz CT molecular complexity index is 1080. The molecule has 0 spiro atoms. The number of imidazole rings is 1. The van der Waals surface area contributed by atoms with Gasteiger partial charge in [0.05, 0.1) is 17.6 Å². The van der Waals surface area contributed by atoms with Crippen molar-refractivity contribution >= 4 is 46.2 Å². The molecule has 1 aromatic heterocycles. The lowest BCUT2D eigenvalue weighted by atomic mass is 9.95. The van der Waals surface area contributed by atoms with Crippen molar-refractivity contribution in [2.75, 3.05) is 16.6 Å². The zero-order valence-corrected chi connectivity index (χ0v) is 19.3. The predicted octanol–water partition coefficient (Wildman–Crippen LogP) is 4.97. The molecule has 8 heteroatoms. The van der Waals surface area contributed by atoms with Crippen LogP contribution >= 0.6 is 11.9 Å². The van der Waals surface area contributed by atoms with Gasteiger partial charge >= 0.3 is 5.97 Å². The van der Waals surface area contributed by atoms with Crippen molar-refractivity contribution in [1.29, 1.82) is 0 Å². The number of esters is 1. The highest BCUT2D eigenvalue weighted by Crippen LogP contribution is 2.30. The number of benzene rings is 2. The molecule has 0 aliphatic rings. The molecule has 0 fully saturated rings. The third-order valence-corrected chi connectivity index (χ3v) is 5.35. The molecule has 2 aromatic carbocycles. The average Bonchev–Trinajstić information content (AvgIpc) is 3.05. The van der Waals surface area contributed by atoms with Crippen molar-refractivity contribution < 1.29 is 14.3 Å². The summed E-state index contributed by atoms with van der Waals surface area (Å²) in [5.74, 6) is 0.581. The van der Waals surface area contributed by atoms with E-state index in [-0.39, 0.29) is 17.3 Å². The molecular formula is C23H28N4O3S. The van der Waals surface area contributed by atoms with Crippen LogP contribution in [-0.4, -0.2) is 28.0 Å². The first-order chi connectivity index (χ1) is 14.6. The Morgan fingerprint density at radius 3 is 2.35 bits per heavy atom. The standard InChI is InChI=1S/C23H28N4O3S/c1-15(28)24-17-6-9-19(10-7-17)31-26-18-8-11-21-20(14-18)25-22(23(3,4)5)27(21)12-13-30-16(2)29/h6-11,14,26H,12-13H2,1-5H3,(H,24,28).